The Labute approximate surface area is 133 Å². The number of primary sulfonamides is 1. The smallest absolute Gasteiger partial charge is 0.272 e. The molecular weight excluding hydrogens is 384 g/mol. The topological polar surface area (TPSA) is 94.2 Å². The van der Waals surface area contributed by atoms with Crippen LogP contribution in [0.25, 0.3) is 0 Å². The highest BCUT2D eigenvalue weighted by atomic mass is 79.9. The van der Waals surface area contributed by atoms with Gasteiger partial charge in [0.2, 0.25) is 10.0 Å². The molecule has 2 aromatic rings. The minimum Gasteiger partial charge on any atom is -0.345 e. The molecule has 0 bridgehead atoms. The molecule has 3 N–H and O–H groups in total. The fourth-order valence-electron chi connectivity index (χ4n) is 1.72. The number of nitrogens with two attached hydrogens (primary N) is 1. The van der Waals surface area contributed by atoms with Gasteiger partial charge in [-0.15, -0.1) is 0 Å². The highest BCUT2D eigenvalue weighted by Crippen LogP contribution is 2.26. The molecule has 0 saturated heterocycles. The number of aryl methyl sites for hydroxylation is 1. The molecule has 0 aliphatic carbocycles. The first-order valence-electron chi connectivity index (χ1n) is 5.75. The van der Waals surface area contributed by atoms with Crippen molar-refractivity contribution in [1.29, 1.82) is 0 Å². The van der Waals surface area contributed by atoms with Crippen molar-refractivity contribution >= 4 is 37.5 Å². The number of aromatic nitrogens is 1. The molecule has 0 atom stereocenters. The van der Waals surface area contributed by atoms with E-state index in [4.69, 9.17) is 5.14 Å². The van der Waals surface area contributed by atoms with Crippen molar-refractivity contribution in [2.75, 3.05) is 5.32 Å². The number of anilines is 1. The molecule has 10 heteroatoms. The minimum atomic E-state index is -3.96. The van der Waals surface area contributed by atoms with Gasteiger partial charge in [-0.25, -0.2) is 22.3 Å². The van der Waals surface area contributed by atoms with E-state index >= 15 is 0 Å². The predicted octanol–water partition coefficient (Wildman–Crippen LogP) is 1.97. The lowest BCUT2D eigenvalue weighted by atomic mass is 10.3. The number of carbonyl (C=O) groups is 1. The number of benzene rings is 1. The van der Waals surface area contributed by atoms with Gasteiger partial charge in [-0.2, -0.15) is 0 Å². The van der Waals surface area contributed by atoms with Crippen LogP contribution in [0.15, 0.2) is 33.8 Å². The van der Waals surface area contributed by atoms with E-state index in [0.29, 0.717) is 0 Å². The Hall–Kier alpha value is -1.78. The number of amides is 1. The number of carbonyl (C=O) groups excluding carboxylic acids is 1. The Bertz CT molecular complexity index is 865. The van der Waals surface area contributed by atoms with Crippen LogP contribution in [-0.2, 0) is 17.1 Å². The Morgan fingerprint density at radius 3 is 2.55 bits per heavy atom. The lowest BCUT2D eigenvalue weighted by Crippen LogP contribution is -2.16. The predicted molar refractivity (Wildman–Crippen MR) is 78.8 cm³/mol. The average Bonchev–Trinajstić information content (AvgIpc) is 2.81. The molecule has 0 fully saturated rings. The van der Waals surface area contributed by atoms with E-state index in [2.05, 4.69) is 21.2 Å². The van der Waals surface area contributed by atoms with Gasteiger partial charge in [0, 0.05) is 13.2 Å². The molecule has 118 valence electrons. The van der Waals surface area contributed by atoms with Gasteiger partial charge in [0.25, 0.3) is 5.91 Å². The van der Waals surface area contributed by atoms with Crippen molar-refractivity contribution in [3.63, 3.8) is 0 Å². The summed E-state index contributed by atoms with van der Waals surface area (Å²) in [6.07, 6.45) is 1.15. The molecule has 0 aliphatic heterocycles. The molecule has 0 spiro atoms. The van der Waals surface area contributed by atoms with Crippen molar-refractivity contribution < 1.29 is 22.0 Å². The van der Waals surface area contributed by atoms with Crippen LogP contribution >= 0.6 is 15.9 Å². The summed E-state index contributed by atoms with van der Waals surface area (Å²) in [6.45, 7) is 0. The van der Waals surface area contributed by atoms with Crippen molar-refractivity contribution in [3.8, 4) is 0 Å². The largest absolute Gasteiger partial charge is 0.345 e. The van der Waals surface area contributed by atoms with Gasteiger partial charge < -0.3 is 9.88 Å². The molecule has 1 amide bonds. The van der Waals surface area contributed by atoms with E-state index in [0.717, 1.165) is 24.4 Å². The fraction of sp³-hybridized carbons (Fsp3) is 0.0833. The molecular formula is C12H10BrF2N3O3S. The molecule has 1 aromatic carbocycles. The molecule has 2 rings (SSSR count). The van der Waals surface area contributed by atoms with Crippen LogP contribution in [0.5, 0.6) is 0 Å². The molecule has 0 unspecified atom stereocenters. The molecule has 0 aliphatic rings. The average molecular weight is 394 g/mol. The maximum atomic E-state index is 13.8. The third-order valence-electron chi connectivity index (χ3n) is 2.82. The fourth-order valence-corrected chi connectivity index (χ4v) is 2.65. The second-order valence-corrected chi connectivity index (χ2v) is 6.75. The lowest BCUT2D eigenvalue weighted by molar-refractivity contribution is 0.101. The summed E-state index contributed by atoms with van der Waals surface area (Å²) in [4.78, 5) is 11.8. The summed E-state index contributed by atoms with van der Waals surface area (Å²) >= 11 is 2.72. The Morgan fingerprint density at radius 2 is 2.00 bits per heavy atom. The second kappa shape index (κ2) is 5.78. The van der Waals surface area contributed by atoms with Gasteiger partial charge in [0.15, 0.2) is 5.82 Å². The maximum absolute atomic E-state index is 13.8. The quantitative estimate of drug-likeness (QED) is 0.780. The summed E-state index contributed by atoms with van der Waals surface area (Å²) in [7, 11) is -2.53. The normalized spacial score (nSPS) is 11.5. The summed E-state index contributed by atoms with van der Waals surface area (Å²) < 4.78 is 50.2. The number of hydrogen-bond acceptors (Lipinski definition) is 3. The van der Waals surface area contributed by atoms with Crippen molar-refractivity contribution in [2.45, 2.75) is 4.90 Å². The number of nitrogens with one attached hydrogen (secondary N) is 1. The Morgan fingerprint density at radius 1 is 1.36 bits per heavy atom. The van der Waals surface area contributed by atoms with Gasteiger partial charge in [-0.05, 0) is 34.1 Å². The zero-order chi connectivity index (χ0) is 16.7. The second-order valence-electron chi connectivity index (χ2n) is 4.39. The van der Waals surface area contributed by atoms with Gasteiger partial charge in [-0.3, -0.25) is 4.79 Å². The van der Waals surface area contributed by atoms with Crippen LogP contribution in [0.2, 0.25) is 0 Å². The van der Waals surface area contributed by atoms with Crippen LogP contribution in [0.3, 0.4) is 0 Å². The van der Waals surface area contributed by atoms with E-state index in [9.17, 15) is 22.0 Å². The molecule has 1 aromatic heterocycles. The van der Waals surface area contributed by atoms with Gasteiger partial charge in [0.05, 0.1) is 10.2 Å². The molecule has 22 heavy (non-hydrogen) atoms. The van der Waals surface area contributed by atoms with Crippen molar-refractivity contribution in [3.05, 3.63) is 46.2 Å². The highest BCUT2D eigenvalue weighted by Gasteiger charge is 2.19. The van der Waals surface area contributed by atoms with Crippen LogP contribution in [0.1, 0.15) is 10.5 Å². The number of rotatable bonds is 3. The zero-order valence-corrected chi connectivity index (χ0v) is 13.5. The Balaban J connectivity index is 2.35. The molecule has 1 heterocycles. The van der Waals surface area contributed by atoms with Crippen LogP contribution in [0, 0.1) is 11.6 Å². The summed E-state index contributed by atoms with van der Waals surface area (Å²) in [5.41, 5.74) is -0.305. The zero-order valence-electron chi connectivity index (χ0n) is 11.1. The van der Waals surface area contributed by atoms with Crippen molar-refractivity contribution in [2.24, 2.45) is 12.2 Å². The molecule has 0 radical (unpaired) electrons. The first kappa shape index (κ1) is 16.6. The summed E-state index contributed by atoms with van der Waals surface area (Å²) in [5.74, 6) is -2.56. The number of halogens is 3. The van der Waals surface area contributed by atoms with Crippen LogP contribution in [0.4, 0.5) is 14.5 Å². The van der Waals surface area contributed by atoms with Gasteiger partial charge in [-0.1, -0.05) is 0 Å². The number of hydrogen-bond donors (Lipinski definition) is 2. The number of sulfonamides is 1. The monoisotopic (exact) mass is 393 g/mol. The first-order valence-corrected chi connectivity index (χ1v) is 8.09. The molecule has 6 nitrogen and oxygen atoms in total. The van der Waals surface area contributed by atoms with E-state index < -0.39 is 32.0 Å². The van der Waals surface area contributed by atoms with Crippen LogP contribution in [-0.4, -0.2) is 18.9 Å². The summed E-state index contributed by atoms with van der Waals surface area (Å²) in [6, 6.07) is 3.08. The standard InChI is InChI=1S/C12H10BrF2N3O3S/c1-18-5-6(22(16,20)21)4-9(18)12(19)17-8-3-2-7(14)10(13)11(8)15/h2-5H,1H3,(H,17,19)(H2,16,20,21). The first-order chi connectivity index (χ1) is 10.1. The van der Waals surface area contributed by atoms with E-state index in [1.54, 1.807) is 0 Å². The third kappa shape index (κ3) is 3.18. The maximum Gasteiger partial charge on any atom is 0.272 e. The summed E-state index contributed by atoms with van der Waals surface area (Å²) in [5, 5.41) is 7.20. The SMILES string of the molecule is Cn1cc(S(N)(=O)=O)cc1C(=O)Nc1ccc(F)c(Br)c1F. The highest BCUT2D eigenvalue weighted by molar-refractivity contribution is 9.10. The van der Waals surface area contributed by atoms with Gasteiger partial charge in [0.1, 0.15) is 16.4 Å². The third-order valence-corrected chi connectivity index (χ3v) is 4.43. The van der Waals surface area contributed by atoms with Crippen molar-refractivity contribution in [1.82, 2.24) is 4.57 Å². The minimum absolute atomic E-state index is 0.0520. The van der Waals surface area contributed by atoms with E-state index in [-0.39, 0.29) is 16.3 Å². The van der Waals surface area contributed by atoms with E-state index in [1.807, 2.05) is 0 Å². The molecule has 0 saturated carbocycles. The van der Waals surface area contributed by atoms with Gasteiger partial charge >= 0.3 is 0 Å². The number of nitrogens with zero attached hydrogens (tertiary/aromatic N) is 1. The Kier molecular flexibility index (Phi) is 4.36. The lowest BCUT2D eigenvalue weighted by Gasteiger charge is -2.08. The van der Waals surface area contributed by atoms with Crippen LogP contribution < -0.4 is 10.5 Å². The van der Waals surface area contributed by atoms with E-state index in [1.165, 1.54) is 11.6 Å².